The molecular weight excluding hydrogens is 257 g/mol. The second kappa shape index (κ2) is 6.25. The zero-order valence-electron chi connectivity index (χ0n) is 10.4. The average Bonchev–Trinajstić information content (AvgIpc) is 2.50. The number of nitrogens with one attached hydrogen (secondary N) is 1. The van der Waals surface area contributed by atoms with Gasteiger partial charge in [-0.1, -0.05) is 30.3 Å². The second-order valence-electron chi connectivity index (χ2n) is 3.89. The van der Waals surface area contributed by atoms with Crippen LogP contribution in [-0.2, 0) is 0 Å². The molecule has 0 fully saturated rings. The first-order valence-electron chi connectivity index (χ1n) is 5.80. The number of rotatable bonds is 4. The summed E-state index contributed by atoms with van der Waals surface area (Å²) < 4.78 is 12.7. The van der Waals surface area contributed by atoms with Crippen molar-refractivity contribution >= 4 is 17.2 Å². The first-order chi connectivity index (χ1) is 9.70. The number of Topliss-reactive ketones (excluding diaryl/α,β-unsaturated/α-hetero) is 1. The lowest BCUT2D eigenvalue weighted by Crippen LogP contribution is -2.14. The van der Waals surface area contributed by atoms with E-state index in [1.54, 1.807) is 36.4 Å². The summed E-state index contributed by atoms with van der Waals surface area (Å²) in [6.45, 7) is 0. The molecule has 2 aromatic rings. The zero-order valence-corrected chi connectivity index (χ0v) is 10.4. The Morgan fingerprint density at radius 1 is 1.10 bits per heavy atom. The first kappa shape index (κ1) is 13.4. The third-order valence-electron chi connectivity index (χ3n) is 2.50. The Kier molecular flexibility index (Phi) is 4.20. The molecule has 0 amide bonds. The highest BCUT2D eigenvalue weighted by Gasteiger charge is 2.13. The van der Waals surface area contributed by atoms with E-state index in [0.717, 1.165) is 0 Å². The first-order valence-corrected chi connectivity index (χ1v) is 5.80. The lowest BCUT2D eigenvalue weighted by Gasteiger charge is -2.01. The minimum Gasteiger partial charge on any atom is -0.286 e. The molecule has 0 aliphatic rings. The Hall–Kier alpha value is -3.00. The monoisotopic (exact) mass is 267 g/mol. The number of ketones is 1. The number of carbonyl (C=O) groups excluding carboxylic acids is 1. The van der Waals surface area contributed by atoms with Crippen LogP contribution in [0.15, 0.2) is 59.7 Å². The molecule has 4 nitrogen and oxygen atoms in total. The quantitative estimate of drug-likeness (QED) is 0.526. The van der Waals surface area contributed by atoms with Gasteiger partial charge in [0.1, 0.15) is 11.9 Å². The summed E-state index contributed by atoms with van der Waals surface area (Å²) in [6.07, 6.45) is 0. The fraction of sp³-hybridized carbons (Fsp3) is 0. The highest BCUT2D eigenvalue weighted by Crippen LogP contribution is 2.08. The summed E-state index contributed by atoms with van der Waals surface area (Å²) in [6, 6.07) is 15.6. The maximum Gasteiger partial charge on any atom is 0.223 e. The van der Waals surface area contributed by atoms with Crippen LogP contribution in [0.25, 0.3) is 0 Å². The van der Waals surface area contributed by atoms with Crippen molar-refractivity contribution in [3.05, 3.63) is 66.0 Å². The summed E-state index contributed by atoms with van der Waals surface area (Å²) in [5.74, 6) is -0.844. The molecule has 0 radical (unpaired) electrons. The molecule has 0 aromatic heterocycles. The third-order valence-corrected chi connectivity index (χ3v) is 2.50. The summed E-state index contributed by atoms with van der Waals surface area (Å²) in [5.41, 5.74) is 3.16. The number of nitriles is 1. The van der Waals surface area contributed by atoms with E-state index in [-0.39, 0.29) is 11.5 Å². The minimum absolute atomic E-state index is 0.263. The number of nitrogens with zero attached hydrogens (tertiary/aromatic N) is 2. The molecule has 20 heavy (non-hydrogen) atoms. The SMILES string of the molecule is N#C/C(=N\Nc1ccc(F)cc1)C(=O)c1ccccc1. The predicted octanol–water partition coefficient (Wildman–Crippen LogP) is 3.00. The van der Waals surface area contributed by atoms with Crippen molar-refractivity contribution in [1.29, 1.82) is 5.26 Å². The van der Waals surface area contributed by atoms with Crippen molar-refractivity contribution in [2.45, 2.75) is 0 Å². The summed E-state index contributed by atoms with van der Waals surface area (Å²) in [7, 11) is 0. The van der Waals surface area contributed by atoms with E-state index >= 15 is 0 Å². The second-order valence-corrected chi connectivity index (χ2v) is 3.89. The van der Waals surface area contributed by atoms with Crippen molar-refractivity contribution < 1.29 is 9.18 Å². The van der Waals surface area contributed by atoms with Crippen molar-refractivity contribution in [1.82, 2.24) is 0 Å². The van der Waals surface area contributed by atoms with Crippen molar-refractivity contribution in [3.63, 3.8) is 0 Å². The molecule has 2 rings (SSSR count). The largest absolute Gasteiger partial charge is 0.286 e. The van der Waals surface area contributed by atoms with Gasteiger partial charge in [-0.25, -0.2) is 4.39 Å². The van der Waals surface area contributed by atoms with Crippen LogP contribution in [0.2, 0.25) is 0 Å². The fourth-order valence-electron chi connectivity index (χ4n) is 1.50. The highest BCUT2D eigenvalue weighted by molar-refractivity contribution is 6.51. The minimum atomic E-state index is -0.470. The van der Waals surface area contributed by atoms with Gasteiger partial charge in [0.15, 0.2) is 0 Å². The topological polar surface area (TPSA) is 65.2 Å². The van der Waals surface area contributed by atoms with Gasteiger partial charge in [0.25, 0.3) is 0 Å². The lowest BCUT2D eigenvalue weighted by molar-refractivity contribution is 0.106. The number of halogens is 1. The number of anilines is 1. The molecule has 98 valence electrons. The fourth-order valence-corrected chi connectivity index (χ4v) is 1.50. The van der Waals surface area contributed by atoms with Crippen LogP contribution in [0, 0.1) is 17.1 Å². The van der Waals surface area contributed by atoms with Gasteiger partial charge in [0.05, 0.1) is 5.69 Å². The Morgan fingerprint density at radius 2 is 1.75 bits per heavy atom. The van der Waals surface area contributed by atoms with E-state index in [0.29, 0.717) is 11.3 Å². The predicted molar refractivity (Wildman–Crippen MR) is 73.8 cm³/mol. The molecular formula is C15H10FN3O. The lowest BCUT2D eigenvalue weighted by atomic mass is 10.1. The molecule has 0 unspecified atom stereocenters. The van der Waals surface area contributed by atoms with Crippen LogP contribution in [0.3, 0.4) is 0 Å². The molecule has 0 bridgehead atoms. The number of hydrazone groups is 1. The zero-order chi connectivity index (χ0) is 14.4. The van der Waals surface area contributed by atoms with E-state index in [1.807, 2.05) is 0 Å². The van der Waals surface area contributed by atoms with Gasteiger partial charge in [-0.05, 0) is 24.3 Å². The summed E-state index contributed by atoms with van der Waals surface area (Å²) in [4.78, 5) is 12.0. The van der Waals surface area contributed by atoms with E-state index in [1.165, 1.54) is 24.3 Å². The van der Waals surface area contributed by atoms with Crippen LogP contribution in [0.1, 0.15) is 10.4 Å². The molecule has 0 aliphatic carbocycles. The smallest absolute Gasteiger partial charge is 0.223 e. The van der Waals surface area contributed by atoms with Gasteiger partial charge in [0.2, 0.25) is 11.5 Å². The molecule has 0 atom stereocenters. The number of hydrogen-bond acceptors (Lipinski definition) is 4. The Labute approximate surface area is 115 Å². The average molecular weight is 267 g/mol. The maximum absolute atomic E-state index is 12.7. The van der Waals surface area contributed by atoms with Gasteiger partial charge >= 0.3 is 0 Å². The molecule has 5 heteroatoms. The van der Waals surface area contributed by atoms with Crippen LogP contribution in [-0.4, -0.2) is 11.5 Å². The van der Waals surface area contributed by atoms with E-state index in [9.17, 15) is 9.18 Å². The molecule has 0 heterocycles. The highest BCUT2D eigenvalue weighted by atomic mass is 19.1. The molecule has 0 saturated heterocycles. The van der Waals surface area contributed by atoms with Crippen molar-refractivity contribution in [2.75, 3.05) is 5.43 Å². The van der Waals surface area contributed by atoms with Gasteiger partial charge < -0.3 is 0 Å². The molecule has 0 saturated carbocycles. The number of hydrogen-bond donors (Lipinski definition) is 1. The van der Waals surface area contributed by atoms with Crippen LogP contribution >= 0.6 is 0 Å². The summed E-state index contributed by atoms with van der Waals surface area (Å²) >= 11 is 0. The molecule has 1 N–H and O–H groups in total. The van der Waals surface area contributed by atoms with E-state index in [2.05, 4.69) is 10.5 Å². The van der Waals surface area contributed by atoms with Gasteiger partial charge in [-0.2, -0.15) is 10.4 Å². The number of carbonyl (C=O) groups is 1. The van der Waals surface area contributed by atoms with E-state index < -0.39 is 5.78 Å². The van der Waals surface area contributed by atoms with Crippen LogP contribution in [0.5, 0.6) is 0 Å². The summed E-state index contributed by atoms with van der Waals surface area (Å²) in [5, 5.41) is 12.7. The van der Waals surface area contributed by atoms with E-state index in [4.69, 9.17) is 5.26 Å². The Bertz CT molecular complexity index is 673. The Morgan fingerprint density at radius 3 is 2.35 bits per heavy atom. The van der Waals surface area contributed by atoms with Crippen LogP contribution < -0.4 is 5.43 Å². The Balaban J connectivity index is 2.16. The maximum atomic E-state index is 12.7. The number of benzene rings is 2. The molecule has 0 spiro atoms. The standard InChI is InChI=1S/C15H10FN3O/c16-12-6-8-13(9-7-12)18-19-14(10-17)15(20)11-4-2-1-3-5-11/h1-9,18H/b19-14+. The van der Waals surface area contributed by atoms with Gasteiger partial charge in [-0.3, -0.25) is 10.2 Å². The van der Waals surface area contributed by atoms with Gasteiger partial charge in [0, 0.05) is 5.56 Å². The third kappa shape index (κ3) is 3.27. The van der Waals surface area contributed by atoms with Crippen molar-refractivity contribution in [2.24, 2.45) is 5.10 Å². The molecule has 0 aliphatic heterocycles. The molecule has 2 aromatic carbocycles. The van der Waals surface area contributed by atoms with Crippen LogP contribution in [0.4, 0.5) is 10.1 Å². The van der Waals surface area contributed by atoms with Gasteiger partial charge in [-0.15, -0.1) is 0 Å². The normalized spacial score (nSPS) is 10.7. The van der Waals surface area contributed by atoms with Crippen molar-refractivity contribution in [3.8, 4) is 6.07 Å².